The van der Waals surface area contributed by atoms with E-state index < -0.39 is 0 Å². The highest BCUT2D eigenvalue weighted by molar-refractivity contribution is 7.11. The van der Waals surface area contributed by atoms with Crippen molar-refractivity contribution >= 4 is 33.8 Å². The van der Waals surface area contributed by atoms with Gasteiger partial charge < -0.3 is 4.90 Å². The first-order valence-electron chi connectivity index (χ1n) is 6.54. The lowest BCUT2D eigenvalue weighted by Crippen LogP contribution is -2.06. The Hall–Kier alpha value is -2.60. The lowest BCUT2D eigenvalue weighted by atomic mass is 10.2. The molecule has 0 fully saturated rings. The third-order valence-electron chi connectivity index (χ3n) is 3.19. The van der Waals surface area contributed by atoms with Crippen LogP contribution in [0.5, 0.6) is 0 Å². The smallest absolute Gasteiger partial charge is 0.146 e. The Kier molecular flexibility index (Phi) is 3.93. The molecule has 0 aromatic carbocycles. The van der Waals surface area contributed by atoms with Gasteiger partial charge in [-0.3, -0.25) is 0 Å². The molecule has 2 aromatic rings. The highest BCUT2D eigenvalue weighted by Gasteiger charge is 2.00. The minimum atomic E-state index is 0.170. The Morgan fingerprint density at radius 2 is 1.50 bits per heavy atom. The molecular weight excluding hydrogens is 310 g/mol. The Bertz CT molecular complexity index is 1040. The second-order valence-electron chi connectivity index (χ2n) is 4.68. The molecule has 22 heavy (non-hydrogen) atoms. The molecule has 1 aliphatic rings. The van der Waals surface area contributed by atoms with Crippen LogP contribution in [0.3, 0.4) is 0 Å². The van der Waals surface area contributed by atoms with E-state index in [1.807, 2.05) is 48.6 Å². The fraction of sp³-hybridized carbons (Fsp3) is 0.0588. The van der Waals surface area contributed by atoms with Gasteiger partial charge in [0.15, 0.2) is 0 Å². The summed E-state index contributed by atoms with van der Waals surface area (Å²) in [7, 11) is 2.00. The van der Waals surface area contributed by atoms with Gasteiger partial charge in [0.2, 0.25) is 0 Å². The number of allylic oxidation sites excluding steroid dienone is 2. The topological polar surface area (TPSA) is 50.8 Å². The van der Waals surface area contributed by atoms with Gasteiger partial charge in [0.1, 0.15) is 17.7 Å². The molecule has 106 valence electrons. The molecule has 5 heteroatoms. The van der Waals surface area contributed by atoms with Gasteiger partial charge in [-0.2, -0.15) is 10.5 Å². The van der Waals surface area contributed by atoms with Crippen molar-refractivity contribution in [2.75, 3.05) is 7.05 Å². The Balaban J connectivity index is 2.21. The van der Waals surface area contributed by atoms with Crippen molar-refractivity contribution in [1.29, 1.82) is 10.5 Å². The van der Waals surface area contributed by atoms with Crippen molar-refractivity contribution < 1.29 is 0 Å². The molecule has 0 saturated heterocycles. The number of nitrogens with zero attached hydrogens (tertiary/aromatic N) is 3. The maximum atomic E-state index is 8.93. The molecule has 0 aliphatic carbocycles. The normalized spacial score (nSPS) is 14.7. The summed E-state index contributed by atoms with van der Waals surface area (Å²) in [6, 6.07) is 11.9. The maximum absolute atomic E-state index is 8.93. The van der Waals surface area contributed by atoms with Crippen LogP contribution < -0.4 is 9.06 Å². The molecule has 3 heterocycles. The summed E-state index contributed by atoms with van der Waals surface area (Å²) in [5, 5.41) is 17.9. The summed E-state index contributed by atoms with van der Waals surface area (Å²) >= 11 is 3.19. The number of rotatable bonds is 0. The molecule has 0 unspecified atom stereocenters. The summed E-state index contributed by atoms with van der Waals surface area (Å²) < 4.78 is 4.16. The third kappa shape index (κ3) is 2.73. The van der Waals surface area contributed by atoms with Gasteiger partial charge in [-0.25, -0.2) is 0 Å². The molecule has 0 atom stereocenters. The number of hydrogen-bond acceptors (Lipinski definition) is 5. The molecular formula is C17H11N3S2. The Labute approximate surface area is 135 Å². The highest BCUT2D eigenvalue weighted by Crippen LogP contribution is 2.10. The van der Waals surface area contributed by atoms with E-state index in [9.17, 15) is 0 Å². The molecule has 3 nitrogen and oxygen atoms in total. The lowest BCUT2D eigenvalue weighted by molar-refractivity contribution is 0.623. The Morgan fingerprint density at radius 1 is 0.909 bits per heavy atom. The number of nitriles is 2. The molecule has 0 saturated carbocycles. The SMILES string of the molecule is CN1C=CC(=c2cc/c(=c3/ccc(=C(C#N)C#N)s3)s2)C=C1. The fourth-order valence-electron chi connectivity index (χ4n) is 2.03. The van der Waals surface area contributed by atoms with Crippen molar-refractivity contribution in [3.05, 3.63) is 66.9 Å². The average Bonchev–Trinajstić information content (AvgIpc) is 3.18. The monoisotopic (exact) mass is 321 g/mol. The standard InChI is InChI=1S/C17H11N3S2/c1-20-8-6-12(7-9-20)14-2-4-16(21-14)17-5-3-15(22-17)13(10-18)11-19/h2-9H,1H3/b17-16+. The van der Waals surface area contributed by atoms with Gasteiger partial charge >= 0.3 is 0 Å². The van der Waals surface area contributed by atoms with Crippen LogP contribution >= 0.6 is 22.7 Å². The first-order valence-corrected chi connectivity index (χ1v) is 8.18. The molecule has 1 aliphatic heterocycles. The van der Waals surface area contributed by atoms with Crippen LogP contribution in [0.4, 0.5) is 0 Å². The van der Waals surface area contributed by atoms with Crippen molar-refractivity contribution in [2.45, 2.75) is 0 Å². The van der Waals surface area contributed by atoms with Gasteiger partial charge in [-0.1, -0.05) is 0 Å². The van der Waals surface area contributed by atoms with E-state index in [1.165, 1.54) is 21.4 Å². The Morgan fingerprint density at radius 3 is 2.18 bits per heavy atom. The van der Waals surface area contributed by atoms with Gasteiger partial charge in [0.25, 0.3) is 0 Å². The van der Waals surface area contributed by atoms with E-state index >= 15 is 0 Å². The van der Waals surface area contributed by atoms with Gasteiger partial charge in [0, 0.05) is 33.0 Å². The summed E-state index contributed by atoms with van der Waals surface area (Å²) in [6.07, 6.45) is 8.23. The summed E-state index contributed by atoms with van der Waals surface area (Å²) in [5.41, 5.74) is 1.36. The molecule has 3 rings (SSSR count). The number of hydrogen-bond donors (Lipinski definition) is 0. The summed E-state index contributed by atoms with van der Waals surface area (Å²) in [6.45, 7) is 0. The van der Waals surface area contributed by atoms with Crippen LogP contribution in [0.15, 0.2) is 48.8 Å². The van der Waals surface area contributed by atoms with Crippen molar-refractivity contribution in [3.63, 3.8) is 0 Å². The maximum Gasteiger partial charge on any atom is 0.146 e. The average molecular weight is 321 g/mol. The second kappa shape index (κ2) is 6.03. The first kappa shape index (κ1) is 14.3. The third-order valence-corrected chi connectivity index (χ3v) is 5.62. The highest BCUT2D eigenvalue weighted by atomic mass is 32.1. The minimum Gasteiger partial charge on any atom is -0.357 e. The van der Waals surface area contributed by atoms with Crippen molar-refractivity contribution in [3.8, 4) is 12.1 Å². The van der Waals surface area contributed by atoms with Crippen LogP contribution in [0.25, 0.3) is 11.1 Å². The fourth-order valence-corrected chi connectivity index (χ4v) is 4.08. The predicted octanol–water partition coefficient (Wildman–Crippen LogP) is 2.42. The van der Waals surface area contributed by atoms with E-state index in [-0.39, 0.29) is 5.57 Å². The van der Waals surface area contributed by atoms with Crippen LogP contribution in [-0.2, 0) is 0 Å². The molecule has 2 aromatic heterocycles. The molecule has 0 radical (unpaired) electrons. The van der Waals surface area contributed by atoms with Gasteiger partial charge in [-0.05, 0) is 42.0 Å². The molecule has 0 amide bonds. The van der Waals surface area contributed by atoms with Crippen LogP contribution in [0, 0.1) is 31.7 Å². The molecule has 0 spiro atoms. The van der Waals surface area contributed by atoms with Crippen LogP contribution in [-0.4, -0.2) is 11.9 Å². The number of thiophene rings is 2. The van der Waals surface area contributed by atoms with Crippen LogP contribution in [0.1, 0.15) is 0 Å². The molecule has 0 bridgehead atoms. The van der Waals surface area contributed by atoms with E-state index in [4.69, 9.17) is 10.5 Å². The predicted molar refractivity (Wildman–Crippen MR) is 89.6 cm³/mol. The minimum absolute atomic E-state index is 0.170. The zero-order chi connectivity index (χ0) is 15.5. The summed E-state index contributed by atoms with van der Waals surface area (Å²) in [4.78, 5) is 2.00. The van der Waals surface area contributed by atoms with E-state index in [0.29, 0.717) is 0 Å². The van der Waals surface area contributed by atoms with Gasteiger partial charge in [-0.15, -0.1) is 22.7 Å². The van der Waals surface area contributed by atoms with E-state index in [1.54, 1.807) is 11.3 Å². The first-order chi connectivity index (χ1) is 10.7. The summed E-state index contributed by atoms with van der Waals surface area (Å²) in [5.74, 6) is 0. The largest absolute Gasteiger partial charge is 0.357 e. The molecule has 0 N–H and O–H groups in total. The quantitative estimate of drug-likeness (QED) is 0.749. The van der Waals surface area contributed by atoms with E-state index in [0.717, 1.165) is 13.6 Å². The zero-order valence-corrected chi connectivity index (χ0v) is 13.4. The van der Waals surface area contributed by atoms with Gasteiger partial charge in [0.05, 0.1) is 4.53 Å². The second-order valence-corrected chi connectivity index (χ2v) is 6.85. The zero-order valence-electron chi connectivity index (χ0n) is 11.8. The van der Waals surface area contributed by atoms with E-state index in [2.05, 4.69) is 24.3 Å². The van der Waals surface area contributed by atoms with Crippen molar-refractivity contribution in [1.82, 2.24) is 4.90 Å². The van der Waals surface area contributed by atoms with Crippen molar-refractivity contribution in [2.24, 2.45) is 0 Å². The lowest BCUT2D eigenvalue weighted by Gasteiger charge is -2.11. The van der Waals surface area contributed by atoms with Crippen LogP contribution in [0.2, 0.25) is 0 Å².